The number of aromatic nitrogens is 1. The first-order valence-corrected chi connectivity index (χ1v) is 4.61. The second kappa shape index (κ2) is 5.27. The molecule has 0 saturated carbocycles. The van der Waals surface area contributed by atoms with Crippen LogP contribution in [0.25, 0.3) is 0 Å². The molecule has 3 N–H and O–H groups in total. The average molecular weight is 259 g/mol. The van der Waals surface area contributed by atoms with Crippen LogP contribution in [0.2, 0.25) is 0 Å². The van der Waals surface area contributed by atoms with E-state index in [1.807, 2.05) is 0 Å². The first kappa shape index (κ1) is 13.6. The van der Waals surface area contributed by atoms with E-state index in [1.54, 1.807) is 0 Å². The lowest BCUT2D eigenvalue weighted by molar-refractivity contribution is -0.170. The summed E-state index contributed by atoms with van der Waals surface area (Å²) in [5.74, 6) is -4.58. The van der Waals surface area contributed by atoms with Crippen LogP contribution in [0.1, 0.15) is 12.8 Å². The largest absolute Gasteiger partial charge is 0.481 e. The number of hydrogen-bond donors (Lipinski definition) is 3. The van der Waals surface area contributed by atoms with Gasteiger partial charge >= 0.3 is 24.0 Å². The Labute approximate surface area is 99.6 Å². The van der Waals surface area contributed by atoms with Crippen molar-refractivity contribution in [2.24, 2.45) is 0 Å². The molecule has 0 aliphatic carbocycles. The van der Waals surface area contributed by atoms with Crippen LogP contribution < -0.4 is 4.74 Å². The molecule has 1 unspecified atom stereocenters. The number of nitrogens with zero attached hydrogens (tertiary/aromatic N) is 1. The third-order valence-corrected chi connectivity index (χ3v) is 1.89. The van der Waals surface area contributed by atoms with Crippen molar-refractivity contribution in [3.8, 4) is 6.08 Å². The highest BCUT2D eigenvalue weighted by Gasteiger charge is 2.41. The van der Waals surface area contributed by atoms with Gasteiger partial charge in [-0.3, -0.25) is 9.59 Å². The van der Waals surface area contributed by atoms with Crippen LogP contribution in [0.15, 0.2) is 16.9 Å². The van der Waals surface area contributed by atoms with Crippen LogP contribution in [-0.2, 0) is 14.4 Å². The number of aliphatic hydroxyl groups is 1. The molecule has 0 amide bonds. The fourth-order valence-electron chi connectivity index (χ4n) is 1.10. The monoisotopic (exact) mass is 259 g/mol. The van der Waals surface area contributed by atoms with Gasteiger partial charge in [0, 0.05) is 0 Å². The molecule has 0 aliphatic rings. The van der Waals surface area contributed by atoms with E-state index < -0.39 is 42.4 Å². The summed E-state index contributed by atoms with van der Waals surface area (Å²) in [5, 5.41) is 26.7. The highest BCUT2D eigenvalue weighted by atomic mass is 16.6. The third kappa shape index (κ3) is 3.56. The number of hydrogen-bond acceptors (Lipinski definition) is 7. The smallest absolute Gasteiger partial charge is 0.401 e. The SMILES string of the molecule is O=C(O)CC(O)(CC(=O)Oc1ncco1)C(=O)O. The standard InChI is InChI=1S/C9H9NO8/c11-5(12)3-9(16,7(14)15)4-6(13)18-8-10-1-2-17-8/h1-2,16H,3-4H2,(H,11,12)(H,14,15). The van der Waals surface area contributed by atoms with Crippen molar-refractivity contribution in [2.75, 3.05) is 0 Å². The summed E-state index contributed by atoms with van der Waals surface area (Å²) in [6, 6.07) is 0. The Morgan fingerprint density at radius 1 is 1.33 bits per heavy atom. The van der Waals surface area contributed by atoms with E-state index in [2.05, 4.69) is 14.1 Å². The molecule has 1 atom stereocenters. The highest BCUT2D eigenvalue weighted by molar-refractivity contribution is 5.88. The van der Waals surface area contributed by atoms with E-state index in [0.717, 1.165) is 6.26 Å². The molecular weight excluding hydrogens is 250 g/mol. The molecule has 18 heavy (non-hydrogen) atoms. The summed E-state index contributed by atoms with van der Waals surface area (Å²) in [4.78, 5) is 35.9. The van der Waals surface area contributed by atoms with Gasteiger partial charge in [-0.1, -0.05) is 0 Å². The number of ether oxygens (including phenoxy) is 1. The lowest BCUT2D eigenvalue weighted by Crippen LogP contribution is -2.43. The van der Waals surface area contributed by atoms with E-state index in [1.165, 1.54) is 6.20 Å². The molecule has 0 aliphatic heterocycles. The fourth-order valence-corrected chi connectivity index (χ4v) is 1.10. The maximum atomic E-state index is 11.3. The molecule has 98 valence electrons. The average Bonchev–Trinajstić information content (AvgIpc) is 2.68. The molecule has 0 saturated heterocycles. The van der Waals surface area contributed by atoms with Gasteiger partial charge in [-0.2, -0.15) is 4.98 Å². The van der Waals surface area contributed by atoms with Crippen molar-refractivity contribution in [3.63, 3.8) is 0 Å². The van der Waals surface area contributed by atoms with Gasteiger partial charge < -0.3 is 24.5 Å². The van der Waals surface area contributed by atoms with E-state index in [9.17, 15) is 19.5 Å². The molecule has 0 fully saturated rings. The number of rotatable bonds is 6. The number of oxazole rings is 1. The van der Waals surface area contributed by atoms with Gasteiger partial charge in [0.1, 0.15) is 6.26 Å². The van der Waals surface area contributed by atoms with Crippen molar-refractivity contribution < 1.29 is 38.9 Å². The van der Waals surface area contributed by atoms with Crippen LogP contribution in [-0.4, -0.2) is 43.8 Å². The fraction of sp³-hybridized carbons (Fsp3) is 0.333. The summed E-state index contributed by atoms with van der Waals surface area (Å²) in [5.41, 5.74) is -2.74. The molecule has 1 aromatic rings. The van der Waals surface area contributed by atoms with Gasteiger partial charge in [-0.25, -0.2) is 4.79 Å². The lowest BCUT2D eigenvalue weighted by Gasteiger charge is -2.19. The Balaban J connectivity index is 2.69. The molecule has 0 bridgehead atoms. The zero-order chi connectivity index (χ0) is 13.8. The summed E-state index contributed by atoms with van der Waals surface area (Å²) in [6.07, 6.45) is -0.310. The quantitative estimate of drug-likeness (QED) is 0.561. The minimum Gasteiger partial charge on any atom is -0.481 e. The maximum absolute atomic E-state index is 11.3. The van der Waals surface area contributed by atoms with E-state index in [0.29, 0.717) is 0 Å². The van der Waals surface area contributed by atoms with Crippen molar-refractivity contribution in [2.45, 2.75) is 18.4 Å². The van der Waals surface area contributed by atoms with Crippen LogP contribution in [0, 0.1) is 0 Å². The highest BCUT2D eigenvalue weighted by Crippen LogP contribution is 2.18. The molecule has 0 radical (unpaired) electrons. The van der Waals surface area contributed by atoms with Crippen LogP contribution >= 0.6 is 0 Å². The Hall–Kier alpha value is -2.42. The Morgan fingerprint density at radius 2 is 2.00 bits per heavy atom. The second-order valence-electron chi connectivity index (χ2n) is 3.36. The van der Waals surface area contributed by atoms with Crippen molar-refractivity contribution in [1.29, 1.82) is 0 Å². The van der Waals surface area contributed by atoms with Gasteiger partial charge in [0.25, 0.3) is 0 Å². The van der Waals surface area contributed by atoms with Crippen molar-refractivity contribution in [1.82, 2.24) is 4.98 Å². The number of carboxylic acid groups (broad SMARTS) is 2. The van der Waals surface area contributed by atoms with Crippen LogP contribution in [0.5, 0.6) is 6.08 Å². The molecule has 1 rings (SSSR count). The maximum Gasteiger partial charge on any atom is 0.401 e. The predicted molar refractivity (Wildman–Crippen MR) is 51.6 cm³/mol. The Kier molecular flexibility index (Phi) is 4.00. The molecule has 0 aromatic carbocycles. The number of carbonyl (C=O) groups excluding carboxylic acids is 1. The molecule has 0 spiro atoms. The van der Waals surface area contributed by atoms with E-state index >= 15 is 0 Å². The Bertz CT molecular complexity index is 453. The summed E-state index contributed by atoms with van der Waals surface area (Å²) >= 11 is 0. The zero-order valence-corrected chi connectivity index (χ0v) is 8.90. The number of aliphatic carboxylic acids is 2. The van der Waals surface area contributed by atoms with E-state index in [4.69, 9.17) is 10.2 Å². The molecule has 9 nitrogen and oxygen atoms in total. The Morgan fingerprint density at radius 3 is 2.44 bits per heavy atom. The second-order valence-corrected chi connectivity index (χ2v) is 3.36. The summed E-state index contributed by atoms with van der Waals surface area (Å²) in [6.45, 7) is 0. The number of esters is 1. The van der Waals surface area contributed by atoms with Gasteiger partial charge in [0.15, 0.2) is 5.60 Å². The molecule has 1 aromatic heterocycles. The molecule has 1 heterocycles. The first-order chi connectivity index (χ1) is 8.33. The van der Waals surface area contributed by atoms with Crippen molar-refractivity contribution in [3.05, 3.63) is 12.5 Å². The van der Waals surface area contributed by atoms with Crippen LogP contribution in [0.4, 0.5) is 0 Å². The van der Waals surface area contributed by atoms with E-state index in [-0.39, 0.29) is 0 Å². The van der Waals surface area contributed by atoms with Gasteiger partial charge in [0.2, 0.25) is 0 Å². The minimum absolute atomic E-state index is 0.428. The molecular formula is C9H9NO8. The lowest BCUT2D eigenvalue weighted by atomic mass is 9.96. The normalized spacial score (nSPS) is 13.6. The number of carboxylic acids is 2. The topological polar surface area (TPSA) is 147 Å². The van der Waals surface area contributed by atoms with Gasteiger partial charge in [0.05, 0.1) is 19.0 Å². The minimum atomic E-state index is -2.74. The third-order valence-electron chi connectivity index (χ3n) is 1.89. The van der Waals surface area contributed by atoms with Gasteiger partial charge in [-0.05, 0) is 0 Å². The predicted octanol–water partition coefficient (Wildman–Crippen LogP) is -0.740. The first-order valence-electron chi connectivity index (χ1n) is 4.61. The summed E-state index contributed by atoms with van der Waals surface area (Å²) < 4.78 is 9.01. The van der Waals surface area contributed by atoms with Crippen molar-refractivity contribution >= 4 is 17.9 Å². The summed E-state index contributed by atoms with van der Waals surface area (Å²) in [7, 11) is 0. The molecule has 9 heteroatoms. The van der Waals surface area contributed by atoms with Crippen LogP contribution in [0.3, 0.4) is 0 Å². The van der Waals surface area contributed by atoms with Gasteiger partial charge in [-0.15, -0.1) is 0 Å². The number of carbonyl (C=O) groups is 3. The zero-order valence-electron chi connectivity index (χ0n) is 8.90.